The number of nitrogens with one attached hydrogen (secondary N) is 2. The van der Waals surface area contributed by atoms with Crippen LogP contribution in [0, 0.1) is 0 Å². The molecule has 1 saturated heterocycles. The minimum atomic E-state index is 0.278. The maximum Gasteiger partial charge on any atom is 0.268 e. The second kappa shape index (κ2) is 2.99. The van der Waals surface area contributed by atoms with Gasteiger partial charge in [-0.25, -0.2) is 0 Å². The Labute approximate surface area is 64.8 Å². The van der Waals surface area contributed by atoms with Crippen LogP contribution >= 0.6 is 0 Å². The van der Waals surface area contributed by atoms with Crippen LogP contribution in [0.3, 0.4) is 0 Å². The van der Waals surface area contributed by atoms with E-state index in [9.17, 15) is 0 Å². The van der Waals surface area contributed by atoms with E-state index in [0.29, 0.717) is 0 Å². The molecule has 0 aromatic heterocycles. The lowest BCUT2D eigenvalue weighted by Gasteiger charge is -2.37. The summed E-state index contributed by atoms with van der Waals surface area (Å²) in [6, 6.07) is 0. The predicted octanol–water partition coefficient (Wildman–Crippen LogP) is -1.92. The van der Waals surface area contributed by atoms with Crippen molar-refractivity contribution < 1.29 is 0 Å². The fourth-order valence-electron chi connectivity index (χ4n) is 1.00. The van der Waals surface area contributed by atoms with Gasteiger partial charge in [-0.15, -0.1) is 0 Å². The van der Waals surface area contributed by atoms with Crippen LogP contribution in [-0.2, 0) is 0 Å². The maximum atomic E-state index is 3.26. The Morgan fingerprint density at radius 3 is 1.90 bits per heavy atom. The molecule has 3 nitrogen and oxygen atoms in total. The van der Waals surface area contributed by atoms with Crippen molar-refractivity contribution in [2.24, 2.45) is 0 Å². The number of hydrogen-bond donors (Lipinski definition) is 2. The highest BCUT2D eigenvalue weighted by Gasteiger charge is 2.24. The van der Waals surface area contributed by atoms with Gasteiger partial charge in [0.05, 0.1) is 0 Å². The number of nitrogens with zero attached hydrogens (tertiary/aromatic N) is 1. The summed E-state index contributed by atoms with van der Waals surface area (Å²) in [5.74, 6) is 0. The zero-order chi connectivity index (χ0) is 7.61. The smallest absolute Gasteiger partial charge is 0.268 e. The summed E-state index contributed by atoms with van der Waals surface area (Å²) in [5, 5.41) is 6.51. The average Bonchev–Trinajstić information content (AvgIpc) is 1.88. The maximum absolute atomic E-state index is 3.26. The fourth-order valence-corrected chi connectivity index (χ4v) is 1.00. The molecule has 54 valence electrons. The molecule has 0 radical (unpaired) electrons. The van der Waals surface area contributed by atoms with Crippen molar-refractivity contribution in [3.63, 3.8) is 0 Å². The third kappa shape index (κ3) is 2.04. The topological polar surface area (TPSA) is 27.3 Å². The molecule has 0 bridgehead atoms. The lowest BCUT2D eigenvalue weighted by molar-refractivity contribution is 0.370. The Balaban J connectivity index is 2.39. The highest BCUT2D eigenvalue weighted by molar-refractivity contribution is 6.65. The molecule has 0 aliphatic carbocycles. The second-order valence-electron chi connectivity index (χ2n) is 3.70. The Morgan fingerprint density at radius 2 is 1.60 bits per heavy atom. The van der Waals surface area contributed by atoms with Gasteiger partial charge in [0.15, 0.2) is 0 Å². The van der Waals surface area contributed by atoms with Crippen molar-refractivity contribution in [1.82, 2.24) is 15.0 Å². The van der Waals surface area contributed by atoms with Gasteiger partial charge in [-0.05, 0) is 26.3 Å². The van der Waals surface area contributed by atoms with Crippen molar-refractivity contribution in [2.45, 2.75) is 26.3 Å². The molecule has 0 saturated carbocycles. The highest BCUT2D eigenvalue weighted by Crippen LogP contribution is 2.08. The van der Waals surface area contributed by atoms with Crippen LogP contribution in [0.2, 0.25) is 0 Å². The van der Waals surface area contributed by atoms with Crippen LogP contribution < -0.4 is 10.3 Å². The molecule has 10 heavy (non-hydrogen) atoms. The molecule has 1 aliphatic rings. The molecular formula is C4H14B3N3. The molecule has 2 N–H and O–H groups in total. The first-order valence-corrected chi connectivity index (χ1v) is 3.77. The molecule has 6 heteroatoms. The van der Waals surface area contributed by atoms with E-state index in [1.54, 1.807) is 0 Å². The monoisotopic (exact) mass is 137 g/mol. The van der Waals surface area contributed by atoms with E-state index >= 15 is 0 Å². The minimum absolute atomic E-state index is 0.278. The van der Waals surface area contributed by atoms with Gasteiger partial charge in [-0.1, -0.05) is 0 Å². The van der Waals surface area contributed by atoms with Crippen molar-refractivity contribution in [2.75, 3.05) is 0 Å². The summed E-state index contributed by atoms with van der Waals surface area (Å²) >= 11 is 0. The summed E-state index contributed by atoms with van der Waals surface area (Å²) in [6.45, 7) is 6.67. The largest absolute Gasteiger partial charge is 0.377 e. The summed E-state index contributed by atoms with van der Waals surface area (Å²) in [4.78, 5) is 0. The van der Waals surface area contributed by atoms with Gasteiger partial charge < -0.3 is 15.0 Å². The zero-order valence-electron chi connectivity index (χ0n) is 7.07. The Hall–Kier alpha value is 0.0748. The Kier molecular flexibility index (Phi) is 2.44. The van der Waals surface area contributed by atoms with E-state index < -0.39 is 0 Å². The minimum Gasteiger partial charge on any atom is -0.377 e. The predicted molar refractivity (Wildman–Crippen MR) is 49.3 cm³/mol. The van der Waals surface area contributed by atoms with Crippen LogP contribution in [0.25, 0.3) is 0 Å². The van der Waals surface area contributed by atoms with Gasteiger partial charge in [0, 0.05) is 0 Å². The van der Waals surface area contributed by atoms with Crippen LogP contribution in [-0.4, -0.2) is 32.9 Å². The Bertz CT molecular complexity index is 107. The lowest BCUT2D eigenvalue weighted by Crippen LogP contribution is -2.63. The van der Waals surface area contributed by atoms with Gasteiger partial charge >= 0.3 is 0 Å². The van der Waals surface area contributed by atoms with E-state index in [1.807, 2.05) is 0 Å². The third-order valence-electron chi connectivity index (χ3n) is 1.80. The SMILES string of the molecule is CC(C)(C)N1BNBNB1. The molecule has 0 aromatic carbocycles. The molecular weight excluding hydrogens is 123 g/mol. The second-order valence-corrected chi connectivity index (χ2v) is 3.70. The first-order valence-electron chi connectivity index (χ1n) is 3.77. The van der Waals surface area contributed by atoms with Gasteiger partial charge in [-0.2, -0.15) is 0 Å². The first-order chi connectivity index (χ1) is 4.61. The van der Waals surface area contributed by atoms with E-state index in [2.05, 4.69) is 35.8 Å². The average molecular weight is 137 g/mol. The van der Waals surface area contributed by atoms with Crippen molar-refractivity contribution in [1.29, 1.82) is 0 Å². The van der Waals surface area contributed by atoms with Crippen LogP contribution in [0.5, 0.6) is 0 Å². The lowest BCUT2D eigenvalue weighted by atomic mass is 9.76. The highest BCUT2D eigenvalue weighted by atomic mass is 15.2. The zero-order valence-corrected chi connectivity index (χ0v) is 7.07. The van der Waals surface area contributed by atoms with Crippen molar-refractivity contribution >= 4 is 22.6 Å². The van der Waals surface area contributed by atoms with E-state index in [-0.39, 0.29) is 5.54 Å². The summed E-state index contributed by atoms with van der Waals surface area (Å²) in [7, 11) is 2.93. The molecule has 1 fully saturated rings. The fraction of sp³-hybridized carbons (Fsp3) is 1.00. The molecule has 0 aromatic rings. The van der Waals surface area contributed by atoms with Crippen molar-refractivity contribution in [3.8, 4) is 0 Å². The molecule has 0 spiro atoms. The number of rotatable bonds is 0. The molecule has 1 heterocycles. The molecule has 0 unspecified atom stereocenters. The molecule has 1 aliphatic heterocycles. The first kappa shape index (κ1) is 8.17. The molecule has 0 atom stereocenters. The normalized spacial score (nSPS) is 20.7. The number of hydrogen-bond acceptors (Lipinski definition) is 3. The van der Waals surface area contributed by atoms with Gasteiger partial charge in [-0.3, -0.25) is 0 Å². The standard InChI is InChI=1S/C4H14B3N3/c1-4(2,3)10-6-8-5-9-7-10/h5-9H,1-3H3. The van der Waals surface area contributed by atoms with Crippen LogP contribution in [0.15, 0.2) is 0 Å². The van der Waals surface area contributed by atoms with Gasteiger partial charge in [0.25, 0.3) is 22.6 Å². The van der Waals surface area contributed by atoms with Crippen molar-refractivity contribution in [3.05, 3.63) is 0 Å². The third-order valence-corrected chi connectivity index (χ3v) is 1.80. The Morgan fingerprint density at radius 1 is 1.10 bits per heavy atom. The van der Waals surface area contributed by atoms with Crippen LogP contribution in [0.1, 0.15) is 20.8 Å². The molecule has 0 amide bonds. The van der Waals surface area contributed by atoms with E-state index in [4.69, 9.17) is 0 Å². The van der Waals surface area contributed by atoms with Gasteiger partial charge in [0.2, 0.25) is 0 Å². The quantitative estimate of drug-likeness (QED) is 0.381. The summed E-state index contributed by atoms with van der Waals surface area (Å²) in [5.41, 5.74) is 0.278. The van der Waals surface area contributed by atoms with Crippen LogP contribution in [0.4, 0.5) is 0 Å². The van der Waals surface area contributed by atoms with E-state index in [1.165, 1.54) is 0 Å². The summed E-state index contributed by atoms with van der Waals surface area (Å²) < 4.78 is 2.36. The van der Waals surface area contributed by atoms with Gasteiger partial charge in [0.1, 0.15) is 0 Å². The summed E-state index contributed by atoms with van der Waals surface area (Å²) in [6.07, 6.45) is 0. The molecule has 1 rings (SSSR count). The van der Waals surface area contributed by atoms with E-state index in [0.717, 1.165) is 22.6 Å².